The molecule has 4 rings (SSSR count). The number of carbonyl (C=O) groups excluding carboxylic acids is 1. The van der Waals surface area contributed by atoms with E-state index >= 15 is 0 Å². The van der Waals surface area contributed by atoms with E-state index in [9.17, 15) is 4.79 Å². The first-order valence-electron chi connectivity index (χ1n) is 8.82. The zero-order chi connectivity index (χ0) is 14.8. The summed E-state index contributed by atoms with van der Waals surface area (Å²) in [5.41, 5.74) is 0.672. The fourth-order valence-electron chi connectivity index (χ4n) is 6.61. The van der Waals surface area contributed by atoms with Gasteiger partial charge in [-0.25, -0.2) is 0 Å². The Kier molecular flexibility index (Phi) is 4.30. The van der Waals surface area contributed by atoms with Crippen LogP contribution in [0.4, 0.5) is 0 Å². The van der Waals surface area contributed by atoms with E-state index in [1.807, 2.05) is 0 Å². The molecule has 0 N–H and O–H groups in total. The molecule has 2 unspecified atom stereocenters. The van der Waals surface area contributed by atoms with Gasteiger partial charge in [-0.3, -0.25) is 4.79 Å². The molecule has 3 fully saturated rings. The minimum Gasteiger partial charge on any atom is -0.298 e. The molecule has 3 heteroatoms. The number of Topliss-reactive ketones (excluding diaryl/α,β-unsaturated/α-hetero) is 1. The lowest BCUT2D eigenvalue weighted by Crippen LogP contribution is -2.52. The van der Waals surface area contributed by atoms with Crippen molar-refractivity contribution in [1.29, 1.82) is 0 Å². The largest absolute Gasteiger partial charge is 0.298 e. The molecular weight excluding hydrogens is 308 g/mol. The lowest BCUT2D eigenvalue weighted by atomic mass is 9.46. The van der Waals surface area contributed by atoms with E-state index in [1.165, 1.54) is 38.5 Å². The number of hydrogen-bond donors (Lipinski definition) is 1. The topological polar surface area (TPSA) is 17.1 Å². The summed E-state index contributed by atoms with van der Waals surface area (Å²) in [7, 11) is 0. The minimum absolute atomic E-state index is 0. The van der Waals surface area contributed by atoms with E-state index in [-0.39, 0.29) is 24.2 Å². The van der Waals surface area contributed by atoms with Crippen LogP contribution < -0.4 is 0 Å². The van der Waals surface area contributed by atoms with Crippen LogP contribution in [0.25, 0.3) is 0 Å². The van der Waals surface area contributed by atoms with Crippen molar-refractivity contribution in [1.82, 2.24) is 0 Å². The molecular formula is C19H30OS2. The summed E-state index contributed by atoms with van der Waals surface area (Å²) in [5, 5.41) is 0.000214. The van der Waals surface area contributed by atoms with Crippen LogP contribution in [0.2, 0.25) is 0 Å². The van der Waals surface area contributed by atoms with Crippen molar-refractivity contribution in [2.24, 2.45) is 34.5 Å². The lowest BCUT2D eigenvalue weighted by molar-refractivity contribution is -0.117. The number of rotatable bonds is 0. The van der Waals surface area contributed by atoms with Gasteiger partial charge in [0, 0.05) is 6.42 Å². The number of ketones is 1. The Morgan fingerprint density at radius 2 is 1.86 bits per heavy atom. The maximum absolute atomic E-state index is 12.3. The van der Waals surface area contributed by atoms with Crippen LogP contribution in [-0.4, -0.2) is 11.0 Å². The quantitative estimate of drug-likeness (QED) is 0.496. The van der Waals surface area contributed by atoms with Gasteiger partial charge in [0.1, 0.15) is 5.78 Å². The highest BCUT2D eigenvalue weighted by atomic mass is 32.1. The van der Waals surface area contributed by atoms with Crippen molar-refractivity contribution < 1.29 is 4.79 Å². The van der Waals surface area contributed by atoms with Gasteiger partial charge in [-0.05, 0) is 73.0 Å². The van der Waals surface area contributed by atoms with Gasteiger partial charge in [-0.1, -0.05) is 26.0 Å². The number of carbonyl (C=O) groups is 1. The van der Waals surface area contributed by atoms with Crippen molar-refractivity contribution in [3.05, 3.63) is 12.2 Å². The van der Waals surface area contributed by atoms with Crippen molar-refractivity contribution in [2.45, 2.75) is 64.0 Å². The van der Waals surface area contributed by atoms with Gasteiger partial charge in [0.15, 0.2) is 0 Å². The standard InChI is InChI=1S/C19H28OS.H2S/c1-18-9-4-3-5-12(18)6-7-13-14(18)8-10-19(2)15(13)11-16(20)17(19)21;/h3-4,12-15,17,21H,5-11H2,1-2H3;1H2/t12?,13-,14+,15+,17?,18+,19+;/m1./s1. The monoisotopic (exact) mass is 338 g/mol. The molecule has 4 aliphatic rings. The van der Waals surface area contributed by atoms with Gasteiger partial charge in [0.05, 0.1) is 5.25 Å². The Morgan fingerprint density at radius 3 is 2.64 bits per heavy atom. The smallest absolute Gasteiger partial charge is 0.146 e. The van der Waals surface area contributed by atoms with E-state index in [2.05, 4.69) is 26.0 Å². The summed E-state index contributed by atoms with van der Waals surface area (Å²) in [6, 6.07) is 0. The van der Waals surface area contributed by atoms with Crippen LogP contribution in [0.3, 0.4) is 0 Å². The third-order valence-electron chi connectivity index (χ3n) is 8.00. The second-order valence-corrected chi connectivity index (χ2v) is 9.20. The fraction of sp³-hybridized carbons (Fsp3) is 0.842. The van der Waals surface area contributed by atoms with Crippen LogP contribution >= 0.6 is 26.1 Å². The molecule has 124 valence electrons. The van der Waals surface area contributed by atoms with Gasteiger partial charge in [-0.15, -0.1) is 0 Å². The van der Waals surface area contributed by atoms with Crippen molar-refractivity contribution in [3.8, 4) is 0 Å². The molecule has 0 saturated heterocycles. The maximum Gasteiger partial charge on any atom is 0.146 e. The predicted octanol–water partition coefficient (Wildman–Crippen LogP) is 4.79. The van der Waals surface area contributed by atoms with Gasteiger partial charge in [0.25, 0.3) is 0 Å². The van der Waals surface area contributed by atoms with Crippen LogP contribution in [0, 0.1) is 34.5 Å². The zero-order valence-electron chi connectivity index (χ0n) is 13.8. The molecule has 0 aromatic carbocycles. The number of fused-ring (bicyclic) bond motifs is 5. The average Bonchev–Trinajstić information content (AvgIpc) is 2.70. The molecule has 1 nitrogen and oxygen atoms in total. The maximum atomic E-state index is 12.3. The van der Waals surface area contributed by atoms with Crippen LogP contribution in [0.5, 0.6) is 0 Å². The van der Waals surface area contributed by atoms with E-state index in [0.29, 0.717) is 17.1 Å². The van der Waals surface area contributed by atoms with E-state index in [0.717, 1.165) is 24.2 Å². The molecule has 0 bridgehead atoms. The predicted molar refractivity (Wildman–Crippen MR) is 99.8 cm³/mol. The van der Waals surface area contributed by atoms with Gasteiger partial charge >= 0.3 is 0 Å². The molecule has 0 spiro atoms. The lowest BCUT2D eigenvalue weighted by Gasteiger charge is -2.59. The van der Waals surface area contributed by atoms with E-state index in [4.69, 9.17) is 12.6 Å². The van der Waals surface area contributed by atoms with E-state index < -0.39 is 0 Å². The second kappa shape index (κ2) is 5.58. The number of allylic oxidation sites excluding steroid dienone is 2. The molecule has 22 heavy (non-hydrogen) atoms. The summed E-state index contributed by atoms with van der Waals surface area (Å²) < 4.78 is 0. The van der Waals surface area contributed by atoms with Crippen molar-refractivity contribution in [3.63, 3.8) is 0 Å². The molecule has 0 aromatic heterocycles. The van der Waals surface area contributed by atoms with Crippen molar-refractivity contribution >= 4 is 31.9 Å². The average molecular weight is 339 g/mol. The summed E-state index contributed by atoms with van der Waals surface area (Å²) in [4.78, 5) is 12.3. The summed E-state index contributed by atoms with van der Waals surface area (Å²) in [6.45, 7) is 4.90. The van der Waals surface area contributed by atoms with Gasteiger partial charge < -0.3 is 0 Å². The normalized spacial score (nSPS) is 53.2. The highest BCUT2D eigenvalue weighted by Gasteiger charge is 2.60. The SMILES string of the molecule is C[C@]12CC=CCC1CC[C@@H]1[C@@H]2CC[C@]2(C)C(S)C(=O)C[C@@H]12.S. The highest BCUT2D eigenvalue weighted by molar-refractivity contribution is 7.81. The molecule has 7 atom stereocenters. The summed E-state index contributed by atoms with van der Waals surface area (Å²) in [5.74, 6) is 3.53. The Balaban J connectivity index is 0.00000144. The first kappa shape index (κ1) is 17.0. The molecule has 4 aliphatic carbocycles. The number of hydrogen-bond acceptors (Lipinski definition) is 2. The first-order valence-corrected chi connectivity index (χ1v) is 9.34. The highest BCUT2D eigenvalue weighted by Crippen LogP contribution is 2.65. The van der Waals surface area contributed by atoms with Crippen LogP contribution in [0.1, 0.15) is 58.8 Å². The van der Waals surface area contributed by atoms with Crippen molar-refractivity contribution in [2.75, 3.05) is 0 Å². The second-order valence-electron chi connectivity index (χ2n) is 8.69. The molecule has 0 aliphatic heterocycles. The zero-order valence-corrected chi connectivity index (χ0v) is 15.7. The van der Waals surface area contributed by atoms with E-state index in [1.54, 1.807) is 0 Å². The fourth-order valence-corrected chi connectivity index (χ4v) is 7.03. The Morgan fingerprint density at radius 1 is 1.09 bits per heavy atom. The molecule has 0 radical (unpaired) electrons. The summed E-state index contributed by atoms with van der Waals surface area (Å²) >= 11 is 4.70. The number of thiol groups is 1. The molecule has 0 heterocycles. The minimum atomic E-state index is 0. The Hall–Kier alpha value is 0.110. The third kappa shape index (κ3) is 2.10. The van der Waals surface area contributed by atoms with Gasteiger partial charge in [-0.2, -0.15) is 26.1 Å². The Bertz CT molecular complexity index is 502. The van der Waals surface area contributed by atoms with Crippen LogP contribution in [0.15, 0.2) is 12.2 Å². The first-order chi connectivity index (χ1) is 9.97. The third-order valence-corrected chi connectivity index (χ3v) is 8.88. The molecule has 0 amide bonds. The molecule has 0 aromatic rings. The molecule has 3 saturated carbocycles. The Labute approximate surface area is 147 Å². The van der Waals surface area contributed by atoms with Gasteiger partial charge in [0.2, 0.25) is 0 Å². The summed E-state index contributed by atoms with van der Waals surface area (Å²) in [6.07, 6.45) is 13.5. The van der Waals surface area contributed by atoms with Crippen LogP contribution in [-0.2, 0) is 4.79 Å².